The first kappa shape index (κ1) is 20.7. The van der Waals surface area contributed by atoms with E-state index in [4.69, 9.17) is 0 Å². The van der Waals surface area contributed by atoms with Crippen LogP contribution in [0, 0.1) is 16.7 Å². The predicted octanol–water partition coefficient (Wildman–Crippen LogP) is 3.42. The Morgan fingerprint density at radius 1 is 1.41 bits per heavy atom. The highest BCUT2D eigenvalue weighted by Crippen LogP contribution is 2.42. The fraction of sp³-hybridized carbons (Fsp3) is 0.450. The van der Waals surface area contributed by atoms with E-state index in [9.17, 15) is 19.1 Å². The Balaban J connectivity index is 0.00000320. The molecule has 1 fully saturated rings. The zero-order valence-corrected chi connectivity index (χ0v) is 16.2. The molecule has 0 aliphatic heterocycles. The maximum absolute atomic E-state index is 12.5. The van der Waals surface area contributed by atoms with E-state index in [2.05, 4.69) is 31.4 Å². The standard InChI is InChI=1S/C20H23F2N5O2.H2/c1-20(2)15(9-16(20)28)26-17-13(10-23)11-25-19(27-17)24-8-7-12-5-3-4-6-14(12)29-18(21)22;/h3-6,11,15-16,18,28H,7-9H2,1-2H3,(H2,24,25,26,27);1H/t15-,16+;/m1./s1. The van der Waals surface area contributed by atoms with Crippen LogP contribution in [0.25, 0.3) is 0 Å². The van der Waals surface area contributed by atoms with E-state index in [0.717, 1.165) is 0 Å². The molecule has 1 heterocycles. The number of halogens is 2. The maximum Gasteiger partial charge on any atom is 0.387 e. The zero-order valence-electron chi connectivity index (χ0n) is 16.2. The lowest BCUT2D eigenvalue weighted by Crippen LogP contribution is -2.57. The number of para-hydroxylation sites is 1. The molecular weight excluding hydrogens is 380 g/mol. The summed E-state index contributed by atoms with van der Waals surface area (Å²) in [6.07, 6.45) is 2.02. The third-order valence-corrected chi connectivity index (χ3v) is 5.30. The van der Waals surface area contributed by atoms with Crippen LogP contribution in [-0.2, 0) is 6.42 Å². The number of nitrogens with one attached hydrogen (secondary N) is 2. The Kier molecular flexibility index (Phi) is 6.13. The maximum atomic E-state index is 12.5. The molecule has 0 saturated heterocycles. The number of alkyl halides is 2. The highest BCUT2D eigenvalue weighted by Gasteiger charge is 2.47. The van der Waals surface area contributed by atoms with E-state index in [1.807, 2.05) is 13.8 Å². The molecule has 2 atom stereocenters. The lowest BCUT2D eigenvalue weighted by molar-refractivity contribution is -0.0512. The van der Waals surface area contributed by atoms with Gasteiger partial charge in [0, 0.05) is 19.4 Å². The number of anilines is 2. The first-order chi connectivity index (χ1) is 13.8. The lowest BCUT2D eigenvalue weighted by Gasteiger charge is -2.49. The quantitative estimate of drug-likeness (QED) is 0.618. The topological polar surface area (TPSA) is 103 Å². The van der Waals surface area contributed by atoms with Crippen molar-refractivity contribution in [2.45, 2.75) is 45.4 Å². The number of hydrogen-bond donors (Lipinski definition) is 3. The van der Waals surface area contributed by atoms with Crippen molar-refractivity contribution in [1.29, 1.82) is 5.26 Å². The molecule has 9 heteroatoms. The van der Waals surface area contributed by atoms with Gasteiger partial charge in [0.25, 0.3) is 0 Å². The average Bonchev–Trinajstić information content (AvgIpc) is 2.69. The molecule has 0 spiro atoms. The van der Waals surface area contributed by atoms with E-state index >= 15 is 0 Å². The van der Waals surface area contributed by atoms with Gasteiger partial charge in [-0.2, -0.15) is 19.0 Å². The molecule has 0 amide bonds. The second kappa shape index (κ2) is 8.57. The summed E-state index contributed by atoms with van der Waals surface area (Å²) in [4.78, 5) is 8.50. The minimum absolute atomic E-state index is 0. The second-order valence-corrected chi connectivity index (χ2v) is 7.50. The molecular formula is C20H25F2N5O2. The minimum Gasteiger partial charge on any atom is -0.435 e. The Labute approximate surface area is 169 Å². The molecule has 156 valence electrons. The molecule has 3 N–H and O–H groups in total. The number of nitrogens with zero attached hydrogens (tertiary/aromatic N) is 3. The molecule has 3 rings (SSSR count). The molecule has 0 unspecified atom stereocenters. The van der Waals surface area contributed by atoms with E-state index in [0.29, 0.717) is 42.3 Å². The molecule has 29 heavy (non-hydrogen) atoms. The van der Waals surface area contributed by atoms with E-state index in [1.54, 1.807) is 18.2 Å². The van der Waals surface area contributed by atoms with Gasteiger partial charge in [-0.15, -0.1) is 0 Å². The number of hydrogen-bond acceptors (Lipinski definition) is 7. The number of aliphatic hydroxyl groups excluding tert-OH is 1. The Bertz CT molecular complexity index is 907. The van der Waals surface area contributed by atoms with Crippen LogP contribution in [0.5, 0.6) is 5.75 Å². The minimum atomic E-state index is -2.88. The Hall–Kier alpha value is -2.99. The summed E-state index contributed by atoms with van der Waals surface area (Å²) in [6, 6.07) is 8.65. The third-order valence-electron chi connectivity index (χ3n) is 5.30. The van der Waals surface area contributed by atoms with Gasteiger partial charge in [0.15, 0.2) is 0 Å². The summed E-state index contributed by atoms with van der Waals surface area (Å²) in [5.41, 5.74) is 0.626. The van der Waals surface area contributed by atoms with Crippen LogP contribution < -0.4 is 15.4 Å². The van der Waals surface area contributed by atoms with Crippen LogP contribution in [0.15, 0.2) is 30.5 Å². The molecule has 1 aromatic carbocycles. The highest BCUT2D eigenvalue weighted by molar-refractivity contribution is 5.54. The van der Waals surface area contributed by atoms with Crippen molar-refractivity contribution in [3.8, 4) is 11.8 Å². The summed E-state index contributed by atoms with van der Waals surface area (Å²) in [7, 11) is 0. The first-order valence-corrected chi connectivity index (χ1v) is 9.29. The van der Waals surface area contributed by atoms with Crippen molar-refractivity contribution in [3.05, 3.63) is 41.6 Å². The second-order valence-electron chi connectivity index (χ2n) is 7.50. The number of rotatable bonds is 8. The molecule has 0 radical (unpaired) electrons. The summed E-state index contributed by atoms with van der Waals surface area (Å²) in [5, 5.41) is 25.5. The van der Waals surface area contributed by atoms with Gasteiger partial charge in [0.05, 0.1) is 12.3 Å². The average molecular weight is 405 g/mol. The monoisotopic (exact) mass is 405 g/mol. The van der Waals surface area contributed by atoms with Crippen LogP contribution >= 0.6 is 0 Å². The van der Waals surface area contributed by atoms with Gasteiger partial charge < -0.3 is 20.5 Å². The van der Waals surface area contributed by atoms with Gasteiger partial charge in [-0.25, -0.2) is 4.98 Å². The van der Waals surface area contributed by atoms with Crippen molar-refractivity contribution in [2.24, 2.45) is 5.41 Å². The molecule has 1 aliphatic rings. The SMILES string of the molecule is CC1(C)[C@@H](O)C[C@H]1Nc1nc(NCCc2ccccc2OC(F)F)ncc1C#N.[HH]. The summed E-state index contributed by atoms with van der Waals surface area (Å²) >= 11 is 0. The lowest BCUT2D eigenvalue weighted by atomic mass is 9.64. The number of nitriles is 1. The van der Waals surface area contributed by atoms with Gasteiger partial charge in [-0.1, -0.05) is 32.0 Å². The van der Waals surface area contributed by atoms with Gasteiger partial charge >= 0.3 is 6.61 Å². The van der Waals surface area contributed by atoms with Crippen molar-refractivity contribution in [2.75, 3.05) is 17.2 Å². The molecule has 0 bridgehead atoms. The Morgan fingerprint density at radius 3 is 2.83 bits per heavy atom. The van der Waals surface area contributed by atoms with Gasteiger partial charge in [-0.05, 0) is 24.5 Å². The normalized spacial score (nSPS) is 19.9. The van der Waals surface area contributed by atoms with Crippen molar-refractivity contribution >= 4 is 11.8 Å². The van der Waals surface area contributed by atoms with Crippen molar-refractivity contribution in [3.63, 3.8) is 0 Å². The van der Waals surface area contributed by atoms with Crippen molar-refractivity contribution in [1.82, 2.24) is 9.97 Å². The van der Waals surface area contributed by atoms with Crippen LogP contribution in [0.1, 0.15) is 32.8 Å². The van der Waals surface area contributed by atoms with E-state index in [1.165, 1.54) is 12.3 Å². The zero-order chi connectivity index (χ0) is 21.0. The number of benzene rings is 1. The number of aromatic nitrogens is 2. The van der Waals surface area contributed by atoms with Crippen LogP contribution in [-0.4, -0.2) is 40.4 Å². The van der Waals surface area contributed by atoms with Crippen LogP contribution in [0.3, 0.4) is 0 Å². The first-order valence-electron chi connectivity index (χ1n) is 9.29. The summed E-state index contributed by atoms with van der Waals surface area (Å²) in [6.45, 7) is 1.41. The summed E-state index contributed by atoms with van der Waals surface area (Å²) in [5.74, 6) is 0.853. The third kappa shape index (κ3) is 4.71. The van der Waals surface area contributed by atoms with Crippen molar-refractivity contribution < 1.29 is 20.1 Å². The fourth-order valence-electron chi connectivity index (χ4n) is 3.20. The van der Waals surface area contributed by atoms with E-state index in [-0.39, 0.29) is 18.6 Å². The smallest absolute Gasteiger partial charge is 0.387 e. The van der Waals surface area contributed by atoms with Crippen LogP contribution in [0.4, 0.5) is 20.5 Å². The van der Waals surface area contributed by atoms with E-state index < -0.39 is 12.7 Å². The number of aliphatic hydroxyl groups is 1. The molecule has 2 aromatic rings. The Morgan fingerprint density at radius 2 is 2.17 bits per heavy atom. The molecule has 1 saturated carbocycles. The molecule has 1 aromatic heterocycles. The molecule has 7 nitrogen and oxygen atoms in total. The highest BCUT2D eigenvalue weighted by atomic mass is 19.3. The van der Waals surface area contributed by atoms with Gasteiger partial charge in [-0.3, -0.25) is 0 Å². The summed E-state index contributed by atoms with van der Waals surface area (Å²) < 4.78 is 29.6. The van der Waals surface area contributed by atoms with Gasteiger partial charge in [0.1, 0.15) is 23.2 Å². The molecule has 1 aliphatic carbocycles. The largest absolute Gasteiger partial charge is 0.435 e. The predicted molar refractivity (Wildman–Crippen MR) is 106 cm³/mol. The van der Waals surface area contributed by atoms with Crippen LogP contribution in [0.2, 0.25) is 0 Å². The van der Waals surface area contributed by atoms with Gasteiger partial charge in [0.2, 0.25) is 5.95 Å². The fourth-order valence-corrected chi connectivity index (χ4v) is 3.20. The number of ether oxygens (including phenoxy) is 1.